The monoisotopic (exact) mass is 755 g/mol. The van der Waals surface area contributed by atoms with Gasteiger partial charge in [0.25, 0.3) is 0 Å². The highest BCUT2D eigenvalue weighted by molar-refractivity contribution is 6.12. The minimum Gasteiger partial charge on any atom is -0.310 e. The molecule has 2 aromatic heterocycles. The quantitative estimate of drug-likeness (QED) is 0.158. The van der Waals surface area contributed by atoms with Gasteiger partial charge >= 0.3 is 0 Å². The van der Waals surface area contributed by atoms with Crippen LogP contribution in [0.1, 0.15) is 11.1 Å². The Bertz CT molecular complexity index is 3290. The Morgan fingerprint density at radius 2 is 0.712 bits per heavy atom. The number of aryl methyl sites for hydroxylation is 2. The molecule has 280 valence electrons. The van der Waals surface area contributed by atoms with E-state index in [1.54, 1.807) is 0 Å². The standard InChI is InChI=1S/C56H41N3/c1-38-12-10-16-47(34-38)57(48-17-11-13-39(2)35-48)45-28-22-40(23-29-45)41-24-30-46(31-25-41)59-54-21-9-7-19-50(54)52-37-43(27-33-56(52)59)42-26-32-55-51(36-42)49-18-6-8-20-53(49)58(55)44-14-4-3-5-15-44/h3-37H,1-2H3. The normalized spacial score (nSPS) is 11.6. The molecule has 0 spiro atoms. The van der Waals surface area contributed by atoms with Crippen LogP contribution < -0.4 is 4.90 Å². The van der Waals surface area contributed by atoms with E-state index in [1.807, 2.05) is 0 Å². The number of anilines is 3. The first kappa shape index (κ1) is 34.6. The SMILES string of the molecule is Cc1cccc(N(c2ccc(-c3ccc(-n4c5ccccc5c5cc(-c6ccc7c(c6)c6ccccc6n7-c6ccccc6)ccc54)cc3)cc2)c2cccc(C)c2)c1. The van der Waals surface area contributed by atoms with Gasteiger partial charge in [-0.05, 0) is 144 Å². The van der Waals surface area contributed by atoms with Gasteiger partial charge in [0.2, 0.25) is 0 Å². The average Bonchev–Trinajstić information content (AvgIpc) is 3.79. The summed E-state index contributed by atoms with van der Waals surface area (Å²) in [6.07, 6.45) is 0. The lowest BCUT2D eigenvalue weighted by Crippen LogP contribution is -2.10. The second-order valence-electron chi connectivity index (χ2n) is 15.6. The van der Waals surface area contributed by atoms with E-state index in [1.165, 1.54) is 82.7 Å². The summed E-state index contributed by atoms with van der Waals surface area (Å²) in [4.78, 5) is 2.34. The number of rotatable bonds is 7. The number of para-hydroxylation sites is 3. The molecule has 59 heavy (non-hydrogen) atoms. The molecule has 2 heterocycles. The van der Waals surface area contributed by atoms with Crippen molar-refractivity contribution in [1.82, 2.24) is 9.13 Å². The average molecular weight is 756 g/mol. The van der Waals surface area contributed by atoms with E-state index in [0.717, 1.165) is 22.7 Å². The van der Waals surface area contributed by atoms with Crippen LogP contribution in [0.25, 0.3) is 77.2 Å². The molecule has 11 aromatic rings. The van der Waals surface area contributed by atoms with Crippen molar-refractivity contribution in [1.29, 1.82) is 0 Å². The van der Waals surface area contributed by atoms with Crippen molar-refractivity contribution in [3.63, 3.8) is 0 Å². The number of hydrogen-bond acceptors (Lipinski definition) is 1. The lowest BCUT2D eigenvalue weighted by molar-refractivity contribution is 1.18. The molecule has 3 nitrogen and oxygen atoms in total. The fourth-order valence-corrected chi connectivity index (χ4v) is 9.03. The fraction of sp³-hybridized carbons (Fsp3) is 0.0357. The number of fused-ring (bicyclic) bond motifs is 6. The molecule has 0 aliphatic carbocycles. The van der Waals surface area contributed by atoms with E-state index in [2.05, 4.69) is 240 Å². The van der Waals surface area contributed by atoms with Gasteiger partial charge in [-0.25, -0.2) is 0 Å². The summed E-state index contributed by atoms with van der Waals surface area (Å²) in [5.41, 5.74) is 17.8. The van der Waals surface area contributed by atoms with Gasteiger partial charge in [0, 0.05) is 50.0 Å². The molecule has 0 aliphatic rings. The number of aromatic nitrogens is 2. The summed E-state index contributed by atoms with van der Waals surface area (Å²) in [5.74, 6) is 0. The molecule has 0 fully saturated rings. The molecular formula is C56H41N3. The molecule has 0 atom stereocenters. The van der Waals surface area contributed by atoms with E-state index >= 15 is 0 Å². The summed E-state index contributed by atoms with van der Waals surface area (Å²) >= 11 is 0. The highest BCUT2D eigenvalue weighted by Gasteiger charge is 2.17. The molecule has 0 amide bonds. The molecule has 11 rings (SSSR count). The Balaban J connectivity index is 0.946. The van der Waals surface area contributed by atoms with Crippen LogP contribution in [-0.4, -0.2) is 9.13 Å². The summed E-state index contributed by atoms with van der Waals surface area (Å²) in [6, 6.07) is 77.4. The lowest BCUT2D eigenvalue weighted by Gasteiger charge is -2.26. The summed E-state index contributed by atoms with van der Waals surface area (Å²) < 4.78 is 4.78. The van der Waals surface area contributed by atoms with Crippen molar-refractivity contribution >= 4 is 60.7 Å². The van der Waals surface area contributed by atoms with Crippen LogP contribution in [0, 0.1) is 13.8 Å². The smallest absolute Gasteiger partial charge is 0.0541 e. The molecule has 0 unspecified atom stereocenters. The van der Waals surface area contributed by atoms with E-state index in [0.29, 0.717) is 0 Å². The van der Waals surface area contributed by atoms with Gasteiger partial charge in [-0.3, -0.25) is 0 Å². The van der Waals surface area contributed by atoms with Gasteiger partial charge < -0.3 is 14.0 Å². The third-order valence-electron chi connectivity index (χ3n) is 11.8. The third-order valence-corrected chi connectivity index (χ3v) is 11.8. The largest absolute Gasteiger partial charge is 0.310 e. The molecule has 0 N–H and O–H groups in total. The fourth-order valence-electron chi connectivity index (χ4n) is 9.03. The Labute approximate surface area is 344 Å². The van der Waals surface area contributed by atoms with Gasteiger partial charge in [-0.15, -0.1) is 0 Å². The zero-order valence-corrected chi connectivity index (χ0v) is 33.0. The highest BCUT2D eigenvalue weighted by atomic mass is 15.1. The van der Waals surface area contributed by atoms with Crippen molar-refractivity contribution in [3.05, 3.63) is 223 Å². The predicted molar refractivity (Wildman–Crippen MR) is 250 cm³/mol. The minimum absolute atomic E-state index is 1.13. The highest BCUT2D eigenvalue weighted by Crippen LogP contribution is 2.40. The lowest BCUT2D eigenvalue weighted by atomic mass is 10.0. The van der Waals surface area contributed by atoms with Crippen LogP contribution in [0.2, 0.25) is 0 Å². The van der Waals surface area contributed by atoms with Crippen molar-refractivity contribution in [2.45, 2.75) is 13.8 Å². The zero-order chi connectivity index (χ0) is 39.5. The van der Waals surface area contributed by atoms with Crippen molar-refractivity contribution < 1.29 is 0 Å². The molecule has 0 radical (unpaired) electrons. The molecule has 0 saturated carbocycles. The Morgan fingerprint density at radius 1 is 0.288 bits per heavy atom. The molecule has 9 aromatic carbocycles. The first-order valence-corrected chi connectivity index (χ1v) is 20.3. The van der Waals surface area contributed by atoms with E-state index in [-0.39, 0.29) is 0 Å². The first-order valence-electron chi connectivity index (χ1n) is 20.3. The maximum absolute atomic E-state index is 2.40. The molecule has 3 heteroatoms. The van der Waals surface area contributed by atoms with Gasteiger partial charge in [-0.2, -0.15) is 0 Å². The Hall–Kier alpha value is -7.62. The molecule has 0 aliphatic heterocycles. The molecule has 0 saturated heterocycles. The zero-order valence-electron chi connectivity index (χ0n) is 33.0. The predicted octanol–water partition coefficient (Wildman–Crippen LogP) is 15.3. The van der Waals surface area contributed by atoms with Crippen molar-refractivity contribution in [3.8, 4) is 33.6 Å². The van der Waals surface area contributed by atoms with Crippen LogP contribution in [0.3, 0.4) is 0 Å². The van der Waals surface area contributed by atoms with Gasteiger partial charge in [0.15, 0.2) is 0 Å². The minimum atomic E-state index is 1.13. The van der Waals surface area contributed by atoms with Gasteiger partial charge in [0.05, 0.1) is 22.1 Å². The summed E-state index contributed by atoms with van der Waals surface area (Å²) in [5, 5.41) is 5.01. The van der Waals surface area contributed by atoms with Gasteiger partial charge in [0.1, 0.15) is 0 Å². The Kier molecular flexibility index (Phi) is 8.27. The second-order valence-corrected chi connectivity index (χ2v) is 15.6. The number of hydrogen-bond donors (Lipinski definition) is 0. The summed E-state index contributed by atoms with van der Waals surface area (Å²) in [6.45, 7) is 4.30. The maximum Gasteiger partial charge on any atom is 0.0541 e. The van der Waals surface area contributed by atoms with Crippen LogP contribution in [0.5, 0.6) is 0 Å². The van der Waals surface area contributed by atoms with Crippen LogP contribution in [-0.2, 0) is 0 Å². The first-order chi connectivity index (χ1) is 29.1. The van der Waals surface area contributed by atoms with Crippen LogP contribution >= 0.6 is 0 Å². The van der Waals surface area contributed by atoms with Crippen molar-refractivity contribution in [2.24, 2.45) is 0 Å². The topological polar surface area (TPSA) is 13.1 Å². The van der Waals surface area contributed by atoms with Crippen LogP contribution in [0.15, 0.2) is 212 Å². The van der Waals surface area contributed by atoms with E-state index in [9.17, 15) is 0 Å². The molecular weight excluding hydrogens is 715 g/mol. The van der Waals surface area contributed by atoms with Crippen LogP contribution in [0.4, 0.5) is 17.1 Å². The maximum atomic E-state index is 2.40. The van der Waals surface area contributed by atoms with Crippen molar-refractivity contribution in [2.75, 3.05) is 4.90 Å². The third kappa shape index (κ3) is 5.98. The van der Waals surface area contributed by atoms with Gasteiger partial charge in [-0.1, -0.05) is 115 Å². The second kappa shape index (κ2) is 14.1. The molecule has 0 bridgehead atoms. The Morgan fingerprint density at radius 3 is 1.22 bits per heavy atom. The van der Waals surface area contributed by atoms with E-state index in [4.69, 9.17) is 0 Å². The van der Waals surface area contributed by atoms with E-state index < -0.39 is 0 Å². The number of nitrogens with zero attached hydrogens (tertiary/aromatic N) is 3. The summed E-state index contributed by atoms with van der Waals surface area (Å²) in [7, 11) is 0. The number of benzene rings is 9.